The van der Waals surface area contributed by atoms with Gasteiger partial charge in [-0.25, -0.2) is 0 Å². The molecule has 7 nitrogen and oxygen atoms in total. The van der Waals surface area contributed by atoms with Crippen molar-refractivity contribution >= 4 is 33.7 Å². The summed E-state index contributed by atoms with van der Waals surface area (Å²) in [5.74, 6) is -0.418. The second-order valence-corrected chi connectivity index (χ2v) is 5.57. The Morgan fingerprint density at radius 1 is 1.39 bits per heavy atom. The van der Waals surface area contributed by atoms with Crippen LogP contribution >= 0.6 is 12.2 Å². The third-order valence-corrected chi connectivity index (χ3v) is 4.00. The van der Waals surface area contributed by atoms with Gasteiger partial charge in [-0.15, -0.1) is 0 Å². The van der Waals surface area contributed by atoms with Crippen LogP contribution in [-0.4, -0.2) is 51.6 Å². The van der Waals surface area contributed by atoms with Gasteiger partial charge in [-0.05, 0) is 36.8 Å². The lowest BCUT2D eigenvalue weighted by Gasteiger charge is -2.25. The number of benzene rings is 1. The third kappa shape index (κ3) is 5.29. The van der Waals surface area contributed by atoms with Gasteiger partial charge in [0.2, 0.25) is 5.91 Å². The van der Waals surface area contributed by atoms with Gasteiger partial charge < -0.3 is 10.1 Å². The fraction of sp³-hybridized carbons (Fsp3) is 0.429. The summed E-state index contributed by atoms with van der Waals surface area (Å²) in [5.41, 5.74) is 0.641. The average molecular weight is 357 g/mol. The highest BCUT2D eigenvalue weighted by Crippen LogP contribution is 2.22. The Morgan fingerprint density at radius 2 is 2.00 bits per heavy atom. The van der Waals surface area contributed by atoms with E-state index in [1.807, 2.05) is 0 Å². The van der Waals surface area contributed by atoms with Crippen LogP contribution in [0, 0.1) is 0 Å². The van der Waals surface area contributed by atoms with Crippen molar-refractivity contribution in [1.82, 2.24) is 10.2 Å². The second-order valence-electron chi connectivity index (χ2n) is 4.49. The second kappa shape index (κ2) is 9.21. The largest absolute Gasteiger partial charge is 0.497 e. The molecule has 0 aromatic heterocycles. The van der Waals surface area contributed by atoms with Crippen LogP contribution in [0.1, 0.15) is 18.4 Å². The molecule has 1 unspecified atom stereocenters. The highest BCUT2D eigenvalue weighted by Gasteiger charge is 2.27. The number of thiocarbonyl (C=S) groups is 1. The van der Waals surface area contributed by atoms with Gasteiger partial charge in [0.1, 0.15) is 5.75 Å². The van der Waals surface area contributed by atoms with Crippen LogP contribution in [0.25, 0.3) is 0 Å². The summed E-state index contributed by atoms with van der Waals surface area (Å²) in [6, 6.07) is 6.83. The van der Waals surface area contributed by atoms with Crippen LogP contribution in [0.5, 0.6) is 5.75 Å². The SMILES string of the molecule is CCN(C(=O)C(CN=S(=O)=O)c1ccc(OC)cc1)C(=S)NC. The van der Waals surface area contributed by atoms with E-state index < -0.39 is 16.4 Å². The van der Waals surface area contributed by atoms with Crippen LogP contribution in [-0.2, 0) is 15.3 Å². The molecule has 9 heteroatoms. The van der Waals surface area contributed by atoms with Crippen molar-refractivity contribution < 1.29 is 17.9 Å². The monoisotopic (exact) mass is 357 g/mol. The topological polar surface area (TPSA) is 88.1 Å². The van der Waals surface area contributed by atoms with E-state index in [-0.39, 0.29) is 17.6 Å². The normalized spacial score (nSPS) is 11.3. The summed E-state index contributed by atoms with van der Waals surface area (Å²) in [6.45, 7) is 1.98. The van der Waals surface area contributed by atoms with E-state index in [1.54, 1.807) is 38.2 Å². The van der Waals surface area contributed by atoms with Crippen molar-refractivity contribution in [3.8, 4) is 5.75 Å². The first kappa shape index (κ1) is 19.0. The Morgan fingerprint density at radius 3 is 2.43 bits per heavy atom. The van der Waals surface area contributed by atoms with Crippen molar-refractivity contribution in [1.29, 1.82) is 0 Å². The van der Waals surface area contributed by atoms with Crippen LogP contribution < -0.4 is 10.1 Å². The van der Waals surface area contributed by atoms with Crippen LogP contribution in [0.15, 0.2) is 28.6 Å². The number of nitrogens with zero attached hydrogens (tertiary/aromatic N) is 2. The van der Waals surface area contributed by atoms with E-state index in [2.05, 4.69) is 9.68 Å². The third-order valence-electron chi connectivity index (χ3n) is 3.22. The Hall–Kier alpha value is -2.00. The first-order chi connectivity index (χ1) is 10.9. The number of nitrogens with one attached hydrogen (secondary N) is 1. The van der Waals surface area contributed by atoms with E-state index in [1.165, 1.54) is 12.0 Å². The molecule has 0 aliphatic carbocycles. The number of carbonyl (C=O) groups is 1. The van der Waals surface area contributed by atoms with Gasteiger partial charge in [-0.2, -0.15) is 12.8 Å². The minimum Gasteiger partial charge on any atom is -0.497 e. The predicted octanol–water partition coefficient (Wildman–Crippen LogP) is 1.19. The fourth-order valence-corrected chi connectivity index (χ4v) is 2.51. The molecule has 23 heavy (non-hydrogen) atoms. The maximum Gasteiger partial charge on any atom is 0.311 e. The summed E-state index contributed by atoms with van der Waals surface area (Å²) >= 11 is 5.12. The molecule has 0 aliphatic heterocycles. The predicted molar refractivity (Wildman–Crippen MR) is 91.0 cm³/mol. The Bertz CT molecular complexity index is 678. The molecular formula is C14H19N3O4S2. The molecule has 0 saturated heterocycles. The van der Waals surface area contributed by atoms with Gasteiger partial charge in [0, 0.05) is 13.6 Å². The number of hydrogen-bond acceptors (Lipinski definition) is 6. The molecular weight excluding hydrogens is 338 g/mol. The summed E-state index contributed by atoms with van der Waals surface area (Å²) < 4.78 is 30.0. The molecule has 0 aliphatic rings. The molecule has 0 radical (unpaired) electrons. The van der Waals surface area contributed by atoms with Crippen molar-refractivity contribution in [3.63, 3.8) is 0 Å². The van der Waals surface area contributed by atoms with Crippen molar-refractivity contribution in [2.75, 3.05) is 27.2 Å². The highest BCUT2D eigenvalue weighted by atomic mass is 32.2. The molecule has 0 fully saturated rings. The fourth-order valence-electron chi connectivity index (χ4n) is 2.02. The van der Waals surface area contributed by atoms with E-state index in [0.717, 1.165) is 0 Å². The maximum atomic E-state index is 12.7. The highest BCUT2D eigenvalue weighted by molar-refractivity contribution is 7.80. The molecule has 1 atom stereocenters. The van der Waals surface area contributed by atoms with Crippen molar-refractivity contribution in [3.05, 3.63) is 29.8 Å². The summed E-state index contributed by atoms with van der Waals surface area (Å²) in [5, 5.41) is 3.03. The Kier molecular flexibility index (Phi) is 7.63. The maximum absolute atomic E-state index is 12.7. The molecule has 1 aromatic carbocycles. The summed E-state index contributed by atoms with van der Waals surface area (Å²) in [4.78, 5) is 14.1. The Balaban J connectivity index is 3.19. The average Bonchev–Trinajstić information content (AvgIpc) is 2.55. The lowest BCUT2D eigenvalue weighted by Crippen LogP contribution is -2.44. The van der Waals surface area contributed by atoms with Gasteiger partial charge in [0.15, 0.2) is 5.11 Å². The number of hydrogen-bond donors (Lipinski definition) is 1. The van der Waals surface area contributed by atoms with E-state index >= 15 is 0 Å². The van der Waals surface area contributed by atoms with E-state index in [9.17, 15) is 13.2 Å². The standard InChI is InChI=1S/C14H19N3O4S2/c1-4-17(14(22)15-2)13(18)12(9-16-23(19)20)10-5-7-11(21-3)8-6-10/h5-8,12H,4,9H2,1-3H3,(H,15,22). The van der Waals surface area contributed by atoms with Gasteiger partial charge >= 0.3 is 10.5 Å². The molecule has 0 saturated carbocycles. The first-order valence-electron chi connectivity index (χ1n) is 6.88. The lowest BCUT2D eigenvalue weighted by atomic mass is 9.97. The molecule has 1 rings (SSSR count). The number of carbonyl (C=O) groups excluding carboxylic acids is 1. The number of rotatable bonds is 6. The van der Waals surface area contributed by atoms with Gasteiger partial charge in [-0.1, -0.05) is 12.1 Å². The lowest BCUT2D eigenvalue weighted by molar-refractivity contribution is -0.128. The van der Waals surface area contributed by atoms with Crippen LogP contribution in [0.2, 0.25) is 0 Å². The molecule has 126 valence electrons. The zero-order valence-corrected chi connectivity index (χ0v) is 14.8. The molecule has 1 amide bonds. The van der Waals surface area contributed by atoms with Gasteiger partial charge in [0.05, 0.1) is 19.6 Å². The number of amides is 1. The van der Waals surface area contributed by atoms with E-state index in [0.29, 0.717) is 17.9 Å². The summed E-state index contributed by atoms with van der Waals surface area (Å²) in [6.07, 6.45) is 0. The van der Waals surface area contributed by atoms with Gasteiger partial charge in [0.25, 0.3) is 0 Å². The van der Waals surface area contributed by atoms with Crippen molar-refractivity contribution in [2.45, 2.75) is 12.8 Å². The quantitative estimate of drug-likeness (QED) is 0.770. The zero-order chi connectivity index (χ0) is 17.4. The molecule has 1 N–H and O–H groups in total. The van der Waals surface area contributed by atoms with Crippen LogP contribution in [0.3, 0.4) is 0 Å². The minimum atomic E-state index is -2.58. The minimum absolute atomic E-state index is 0.176. The zero-order valence-electron chi connectivity index (χ0n) is 13.1. The van der Waals surface area contributed by atoms with Crippen LogP contribution in [0.4, 0.5) is 0 Å². The molecule has 1 aromatic rings. The van der Waals surface area contributed by atoms with E-state index in [4.69, 9.17) is 17.0 Å². The number of likely N-dealkylation sites (N-methyl/N-ethyl adjacent to an activating group) is 1. The first-order valence-corrected chi connectivity index (χ1v) is 8.32. The number of methoxy groups -OCH3 is 1. The van der Waals surface area contributed by atoms with Crippen molar-refractivity contribution in [2.24, 2.45) is 4.36 Å². The number of ether oxygens (including phenoxy) is 1. The molecule has 0 spiro atoms. The summed E-state index contributed by atoms with van der Waals surface area (Å²) in [7, 11) is 0.583. The smallest absolute Gasteiger partial charge is 0.311 e. The Labute approximate surface area is 142 Å². The molecule has 0 bridgehead atoms. The molecule has 0 heterocycles. The van der Waals surface area contributed by atoms with Gasteiger partial charge in [-0.3, -0.25) is 9.69 Å².